The van der Waals surface area contributed by atoms with Gasteiger partial charge in [-0.2, -0.15) is 4.31 Å². The maximum absolute atomic E-state index is 13.5. The molecule has 1 aliphatic heterocycles. The standard InChI is InChI=1S/C17H15F2NO4S2/c18-14-8-15(19)10-17(9-14)26(23,24)20(11-13-4-2-1-3-5-13)16-6-7-25(21,22)12-16/h1-10,16H,11-12H2/t16-/m1/s1. The quantitative estimate of drug-likeness (QED) is 0.774. The monoisotopic (exact) mass is 399 g/mol. The molecule has 0 fully saturated rings. The maximum atomic E-state index is 13.5. The van der Waals surface area contributed by atoms with Gasteiger partial charge in [0.2, 0.25) is 10.0 Å². The summed E-state index contributed by atoms with van der Waals surface area (Å²) in [5, 5.41) is 0.956. The summed E-state index contributed by atoms with van der Waals surface area (Å²) < 4.78 is 77.5. The number of rotatable bonds is 5. The van der Waals surface area contributed by atoms with Crippen molar-refractivity contribution in [3.63, 3.8) is 0 Å². The van der Waals surface area contributed by atoms with Gasteiger partial charge in [0, 0.05) is 18.0 Å². The summed E-state index contributed by atoms with van der Waals surface area (Å²) in [5.74, 6) is -2.48. The molecule has 0 aliphatic carbocycles. The van der Waals surface area contributed by atoms with E-state index in [0.717, 1.165) is 9.71 Å². The van der Waals surface area contributed by atoms with Crippen LogP contribution >= 0.6 is 0 Å². The molecule has 5 nitrogen and oxygen atoms in total. The molecule has 0 aromatic heterocycles. The number of nitrogens with zero attached hydrogens (tertiary/aromatic N) is 1. The largest absolute Gasteiger partial charge is 0.244 e. The van der Waals surface area contributed by atoms with Crippen molar-refractivity contribution >= 4 is 19.9 Å². The van der Waals surface area contributed by atoms with E-state index in [4.69, 9.17) is 0 Å². The molecule has 0 amide bonds. The Bertz CT molecular complexity index is 1030. The van der Waals surface area contributed by atoms with Gasteiger partial charge < -0.3 is 0 Å². The van der Waals surface area contributed by atoms with Crippen LogP contribution in [0.5, 0.6) is 0 Å². The molecule has 0 N–H and O–H groups in total. The first kappa shape index (κ1) is 18.7. The van der Waals surface area contributed by atoms with Crippen molar-refractivity contribution < 1.29 is 25.6 Å². The molecule has 2 aromatic rings. The van der Waals surface area contributed by atoms with E-state index in [0.29, 0.717) is 23.8 Å². The summed E-state index contributed by atoms with van der Waals surface area (Å²) in [4.78, 5) is -0.566. The van der Waals surface area contributed by atoms with Crippen molar-refractivity contribution in [1.82, 2.24) is 4.31 Å². The maximum Gasteiger partial charge on any atom is 0.244 e. The van der Waals surface area contributed by atoms with Gasteiger partial charge in [-0.25, -0.2) is 25.6 Å². The zero-order valence-electron chi connectivity index (χ0n) is 13.4. The number of sulfone groups is 1. The van der Waals surface area contributed by atoms with Gasteiger partial charge in [-0.05, 0) is 17.7 Å². The predicted molar refractivity (Wildman–Crippen MR) is 92.2 cm³/mol. The Morgan fingerprint density at radius 2 is 1.65 bits per heavy atom. The summed E-state index contributed by atoms with van der Waals surface area (Å²) in [6.07, 6.45) is 1.27. The van der Waals surface area contributed by atoms with E-state index in [2.05, 4.69) is 0 Å². The van der Waals surface area contributed by atoms with Gasteiger partial charge in [-0.15, -0.1) is 0 Å². The van der Waals surface area contributed by atoms with Crippen LogP contribution in [0.3, 0.4) is 0 Å². The molecule has 0 saturated heterocycles. The van der Waals surface area contributed by atoms with Crippen molar-refractivity contribution in [2.45, 2.75) is 17.5 Å². The van der Waals surface area contributed by atoms with Gasteiger partial charge >= 0.3 is 0 Å². The highest BCUT2D eigenvalue weighted by atomic mass is 32.2. The van der Waals surface area contributed by atoms with Crippen LogP contribution in [-0.2, 0) is 26.4 Å². The molecule has 1 atom stereocenters. The molecular formula is C17H15F2NO4S2. The first-order valence-electron chi connectivity index (χ1n) is 7.60. The minimum atomic E-state index is -4.34. The van der Waals surface area contributed by atoms with Crippen LogP contribution in [-0.4, -0.2) is 32.9 Å². The Morgan fingerprint density at radius 3 is 2.19 bits per heavy atom. The average Bonchev–Trinajstić information content (AvgIpc) is 2.92. The molecule has 0 spiro atoms. The molecule has 9 heteroatoms. The highest BCUT2D eigenvalue weighted by Crippen LogP contribution is 2.26. The summed E-state index contributed by atoms with van der Waals surface area (Å²) in [5.41, 5.74) is 0.616. The molecule has 0 radical (unpaired) electrons. The molecule has 2 aromatic carbocycles. The first-order chi connectivity index (χ1) is 12.2. The second-order valence-corrected chi connectivity index (χ2v) is 9.69. The molecule has 1 heterocycles. The zero-order chi connectivity index (χ0) is 18.9. The zero-order valence-corrected chi connectivity index (χ0v) is 15.1. The highest BCUT2D eigenvalue weighted by molar-refractivity contribution is 7.94. The van der Waals surface area contributed by atoms with E-state index in [1.165, 1.54) is 6.08 Å². The van der Waals surface area contributed by atoms with E-state index in [-0.39, 0.29) is 6.54 Å². The Balaban J connectivity index is 2.05. The molecule has 0 saturated carbocycles. The van der Waals surface area contributed by atoms with Crippen LogP contribution in [0.25, 0.3) is 0 Å². The molecule has 1 aliphatic rings. The summed E-state index contributed by atoms with van der Waals surface area (Å²) in [7, 11) is -7.87. The fourth-order valence-electron chi connectivity index (χ4n) is 2.70. The van der Waals surface area contributed by atoms with Gasteiger partial charge in [0.1, 0.15) is 11.6 Å². The number of sulfonamides is 1. The van der Waals surface area contributed by atoms with Gasteiger partial charge in [-0.3, -0.25) is 0 Å². The number of benzene rings is 2. The van der Waals surface area contributed by atoms with Crippen molar-refractivity contribution in [3.05, 3.63) is 77.2 Å². The van der Waals surface area contributed by atoms with Crippen LogP contribution in [0, 0.1) is 11.6 Å². The second-order valence-electron chi connectivity index (χ2n) is 5.87. The fourth-order valence-corrected chi connectivity index (χ4v) is 5.70. The third kappa shape index (κ3) is 4.00. The molecule has 26 heavy (non-hydrogen) atoms. The first-order valence-corrected chi connectivity index (χ1v) is 10.8. The van der Waals surface area contributed by atoms with Gasteiger partial charge in [-0.1, -0.05) is 36.4 Å². The Labute approximate surface area is 150 Å². The van der Waals surface area contributed by atoms with Crippen molar-refractivity contribution in [3.8, 4) is 0 Å². The third-order valence-corrected chi connectivity index (χ3v) is 7.13. The van der Waals surface area contributed by atoms with Crippen LogP contribution in [0.15, 0.2) is 64.9 Å². The van der Waals surface area contributed by atoms with Crippen molar-refractivity contribution in [2.75, 3.05) is 5.75 Å². The van der Waals surface area contributed by atoms with Crippen LogP contribution in [0.4, 0.5) is 8.78 Å². The van der Waals surface area contributed by atoms with Crippen molar-refractivity contribution in [1.29, 1.82) is 0 Å². The normalized spacial score (nSPS) is 19.1. The Hall–Kier alpha value is -2.10. The lowest BCUT2D eigenvalue weighted by Crippen LogP contribution is -2.40. The number of hydrogen-bond acceptors (Lipinski definition) is 4. The molecule has 3 rings (SSSR count). The van der Waals surface area contributed by atoms with Gasteiger partial charge in [0.05, 0.1) is 16.7 Å². The van der Waals surface area contributed by atoms with Crippen molar-refractivity contribution in [2.24, 2.45) is 0 Å². The Kier molecular flexibility index (Phi) is 4.96. The second kappa shape index (κ2) is 6.90. The highest BCUT2D eigenvalue weighted by Gasteiger charge is 2.36. The molecule has 0 bridgehead atoms. The lowest BCUT2D eigenvalue weighted by atomic mass is 10.2. The summed E-state index contributed by atoms with van der Waals surface area (Å²) >= 11 is 0. The smallest absolute Gasteiger partial charge is 0.224 e. The van der Waals surface area contributed by atoms with Crippen LogP contribution in [0.2, 0.25) is 0 Å². The SMILES string of the molecule is O=S1(=O)C=C[C@@H](N(Cc2ccccc2)S(=O)(=O)c2cc(F)cc(F)c2)C1. The van der Waals surface area contributed by atoms with Gasteiger partial charge in [0.15, 0.2) is 9.84 Å². The number of hydrogen-bond donors (Lipinski definition) is 0. The lowest BCUT2D eigenvalue weighted by Gasteiger charge is -2.27. The van der Waals surface area contributed by atoms with E-state index >= 15 is 0 Å². The van der Waals surface area contributed by atoms with E-state index in [1.807, 2.05) is 0 Å². The van der Waals surface area contributed by atoms with E-state index in [1.54, 1.807) is 30.3 Å². The summed E-state index contributed by atoms with van der Waals surface area (Å²) in [6, 6.07) is 9.57. The average molecular weight is 399 g/mol. The number of halogens is 2. The lowest BCUT2D eigenvalue weighted by molar-refractivity contribution is 0.374. The van der Waals surface area contributed by atoms with Crippen LogP contribution < -0.4 is 0 Å². The van der Waals surface area contributed by atoms with E-state index in [9.17, 15) is 25.6 Å². The third-order valence-electron chi connectivity index (χ3n) is 3.90. The minimum absolute atomic E-state index is 0.133. The fraction of sp³-hybridized carbons (Fsp3) is 0.176. The molecule has 0 unspecified atom stereocenters. The molecule has 138 valence electrons. The Morgan fingerprint density at radius 1 is 1.04 bits per heavy atom. The predicted octanol–water partition coefficient (Wildman–Crippen LogP) is 2.47. The van der Waals surface area contributed by atoms with Crippen LogP contribution in [0.1, 0.15) is 5.56 Å². The topological polar surface area (TPSA) is 71.5 Å². The molecular weight excluding hydrogens is 384 g/mol. The summed E-state index contributed by atoms with van der Waals surface area (Å²) in [6.45, 7) is -0.133. The van der Waals surface area contributed by atoms with Gasteiger partial charge in [0.25, 0.3) is 0 Å². The minimum Gasteiger partial charge on any atom is -0.224 e. The van der Waals surface area contributed by atoms with E-state index < -0.39 is 48.2 Å².